The van der Waals surface area contributed by atoms with Gasteiger partial charge >= 0.3 is 5.97 Å². The summed E-state index contributed by atoms with van der Waals surface area (Å²) < 4.78 is 10.8. The van der Waals surface area contributed by atoms with Gasteiger partial charge in [0, 0.05) is 30.1 Å². The van der Waals surface area contributed by atoms with Crippen LogP contribution < -0.4 is 5.32 Å². The highest BCUT2D eigenvalue weighted by atomic mass is 16.5. The van der Waals surface area contributed by atoms with Crippen LogP contribution in [0.15, 0.2) is 36.1 Å². The number of piperidine rings is 1. The largest absolute Gasteiger partial charge is 0.497 e. The first-order valence-electron chi connectivity index (χ1n) is 9.65. The second kappa shape index (κ2) is 5.83. The van der Waals surface area contributed by atoms with Crippen molar-refractivity contribution >= 4 is 17.6 Å². The molecule has 0 bridgehead atoms. The van der Waals surface area contributed by atoms with Crippen LogP contribution in [0.5, 0.6) is 0 Å². The minimum absolute atomic E-state index is 0.0468. The molecule has 0 radical (unpaired) electrons. The van der Waals surface area contributed by atoms with Crippen LogP contribution in [0.1, 0.15) is 25.3 Å². The molecule has 6 heteroatoms. The maximum Gasteiger partial charge on any atom is 0.337 e. The SMILES string of the molecule is COC(=O)C1=CO[C@@H](C)[C@H]2CN3CC[C@]4(C(=O)Nc5ccccc54)C3C[C@H]12. The van der Waals surface area contributed by atoms with E-state index in [4.69, 9.17) is 9.47 Å². The Morgan fingerprint density at radius 2 is 2.19 bits per heavy atom. The molecule has 2 saturated heterocycles. The molecule has 2 fully saturated rings. The number of carbonyl (C=O) groups excluding carboxylic acids is 2. The van der Waals surface area contributed by atoms with Crippen molar-refractivity contribution in [2.75, 3.05) is 25.5 Å². The van der Waals surface area contributed by atoms with Crippen LogP contribution >= 0.6 is 0 Å². The van der Waals surface area contributed by atoms with E-state index in [2.05, 4.69) is 23.2 Å². The monoisotopic (exact) mass is 368 g/mol. The van der Waals surface area contributed by atoms with Gasteiger partial charge in [-0.2, -0.15) is 0 Å². The average molecular weight is 368 g/mol. The number of fused-ring (bicyclic) bond motifs is 5. The molecule has 0 saturated carbocycles. The van der Waals surface area contributed by atoms with Crippen LogP contribution in [-0.2, 0) is 24.5 Å². The summed E-state index contributed by atoms with van der Waals surface area (Å²) in [4.78, 5) is 27.9. The fourth-order valence-electron chi connectivity index (χ4n) is 5.77. The van der Waals surface area contributed by atoms with Gasteiger partial charge in [-0.3, -0.25) is 9.69 Å². The summed E-state index contributed by atoms with van der Waals surface area (Å²) in [7, 11) is 1.41. The van der Waals surface area contributed by atoms with Gasteiger partial charge in [0.1, 0.15) is 0 Å². The van der Waals surface area contributed by atoms with Crippen molar-refractivity contribution in [2.24, 2.45) is 11.8 Å². The Hall–Kier alpha value is -2.34. The fourth-order valence-corrected chi connectivity index (χ4v) is 5.77. The third-order valence-corrected chi connectivity index (χ3v) is 7.14. The van der Waals surface area contributed by atoms with Crippen molar-refractivity contribution in [3.63, 3.8) is 0 Å². The lowest BCUT2D eigenvalue weighted by molar-refractivity contribution is -0.139. The zero-order valence-corrected chi connectivity index (χ0v) is 15.6. The highest BCUT2D eigenvalue weighted by Crippen LogP contribution is 2.53. The number of hydrogen-bond acceptors (Lipinski definition) is 5. The van der Waals surface area contributed by atoms with Crippen molar-refractivity contribution in [2.45, 2.75) is 37.3 Å². The number of esters is 1. The van der Waals surface area contributed by atoms with Crippen LogP contribution in [-0.4, -0.2) is 49.1 Å². The zero-order chi connectivity index (χ0) is 18.8. The van der Waals surface area contributed by atoms with Crippen molar-refractivity contribution < 1.29 is 19.1 Å². The molecule has 5 atom stereocenters. The van der Waals surface area contributed by atoms with E-state index in [1.54, 1.807) is 6.26 Å². The first kappa shape index (κ1) is 16.8. The predicted molar refractivity (Wildman–Crippen MR) is 99.0 cm³/mol. The third-order valence-electron chi connectivity index (χ3n) is 7.14. The molecule has 1 amide bonds. The molecule has 1 aromatic rings. The Morgan fingerprint density at radius 3 is 3.00 bits per heavy atom. The van der Waals surface area contributed by atoms with E-state index >= 15 is 0 Å². The van der Waals surface area contributed by atoms with Gasteiger partial charge in [0.15, 0.2) is 0 Å². The molecule has 1 aromatic carbocycles. The van der Waals surface area contributed by atoms with Crippen LogP contribution in [0.25, 0.3) is 0 Å². The van der Waals surface area contributed by atoms with Crippen LogP contribution in [0, 0.1) is 11.8 Å². The number of nitrogens with zero attached hydrogens (tertiary/aromatic N) is 1. The second-order valence-corrected chi connectivity index (χ2v) is 8.14. The number of ether oxygens (including phenoxy) is 2. The summed E-state index contributed by atoms with van der Waals surface area (Å²) in [6.07, 6.45) is 3.20. The van der Waals surface area contributed by atoms with Gasteiger partial charge < -0.3 is 14.8 Å². The van der Waals surface area contributed by atoms with Crippen LogP contribution in [0.2, 0.25) is 0 Å². The molecule has 1 unspecified atom stereocenters. The molecule has 0 aliphatic carbocycles. The van der Waals surface area contributed by atoms with E-state index in [1.807, 2.05) is 18.2 Å². The summed E-state index contributed by atoms with van der Waals surface area (Å²) in [5.41, 5.74) is 2.11. The molecule has 4 aliphatic heterocycles. The number of nitrogens with one attached hydrogen (secondary N) is 1. The van der Waals surface area contributed by atoms with Crippen molar-refractivity contribution in [1.82, 2.24) is 4.90 Å². The number of amides is 1. The lowest BCUT2D eigenvalue weighted by atomic mass is 9.66. The predicted octanol–water partition coefficient (Wildman–Crippen LogP) is 2.06. The molecule has 1 N–H and O–H groups in total. The van der Waals surface area contributed by atoms with Gasteiger partial charge in [0.25, 0.3) is 0 Å². The maximum absolute atomic E-state index is 13.1. The standard InChI is InChI=1S/C21H24N2O4/c1-12-14-10-23-8-7-21(16-5-3-4-6-17(16)22-20(21)25)18(23)9-13(14)15(11-27-12)19(24)26-2/h3-6,11-14,18H,7-10H2,1-2H3,(H,22,25)/t12-,13-,14+,18?,21+/m0/s1. The Morgan fingerprint density at radius 1 is 1.37 bits per heavy atom. The number of anilines is 1. The number of carbonyl (C=O) groups is 2. The van der Waals surface area contributed by atoms with Crippen molar-refractivity contribution in [3.05, 3.63) is 41.7 Å². The summed E-state index contributed by atoms with van der Waals surface area (Å²) in [5.74, 6) is 0.0558. The topological polar surface area (TPSA) is 67.9 Å². The quantitative estimate of drug-likeness (QED) is 0.769. The second-order valence-electron chi connectivity index (χ2n) is 8.14. The summed E-state index contributed by atoms with van der Waals surface area (Å²) in [6.45, 7) is 3.79. The molecular weight excluding hydrogens is 344 g/mol. The molecule has 1 spiro atoms. The minimum Gasteiger partial charge on any atom is -0.497 e. The fraction of sp³-hybridized carbons (Fsp3) is 0.524. The summed E-state index contributed by atoms with van der Waals surface area (Å²) in [5, 5.41) is 3.09. The highest BCUT2D eigenvalue weighted by Gasteiger charge is 2.61. The number of benzene rings is 1. The van der Waals surface area contributed by atoms with Gasteiger partial charge in [-0.1, -0.05) is 18.2 Å². The van der Waals surface area contributed by atoms with E-state index in [-0.39, 0.29) is 35.9 Å². The van der Waals surface area contributed by atoms with E-state index in [9.17, 15) is 9.59 Å². The highest BCUT2D eigenvalue weighted by molar-refractivity contribution is 6.07. The lowest BCUT2D eigenvalue weighted by Crippen LogP contribution is -2.56. The van der Waals surface area contributed by atoms with Crippen LogP contribution in [0.4, 0.5) is 5.69 Å². The molecule has 4 aliphatic rings. The normalized spacial score (nSPS) is 37.0. The molecule has 5 rings (SSSR count). The van der Waals surface area contributed by atoms with Crippen LogP contribution in [0.3, 0.4) is 0 Å². The van der Waals surface area contributed by atoms with Gasteiger partial charge in [0.2, 0.25) is 5.91 Å². The molecule has 4 heterocycles. The Labute approximate surface area is 158 Å². The Bertz CT molecular complexity index is 850. The third kappa shape index (κ3) is 2.16. The maximum atomic E-state index is 13.1. The van der Waals surface area contributed by atoms with Gasteiger partial charge in [-0.05, 0) is 37.9 Å². The number of hydrogen-bond donors (Lipinski definition) is 1. The summed E-state index contributed by atoms with van der Waals surface area (Å²) >= 11 is 0. The Kier molecular flexibility index (Phi) is 3.63. The van der Waals surface area contributed by atoms with Gasteiger partial charge in [-0.15, -0.1) is 0 Å². The van der Waals surface area contributed by atoms with E-state index < -0.39 is 5.41 Å². The van der Waals surface area contributed by atoms with Crippen molar-refractivity contribution in [1.29, 1.82) is 0 Å². The average Bonchev–Trinajstić information content (AvgIpc) is 3.20. The number of methoxy groups -OCH3 is 1. The van der Waals surface area contributed by atoms with E-state index in [0.717, 1.165) is 37.2 Å². The lowest BCUT2D eigenvalue weighted by Gasteiger charge is -2.48. The first-order valence-corrected chi connectivity index (χ1v) is 9.65. The zero-order valence-electron chi connectivity index (χ0n) is 15.6. The molecule has 27 heavy (non-hydrogen) atoms. The smallest absolute Gasteiger partial charge is 0.337 e. The minimum atomic E-state index is -0.523. The van der Waals surface area contributed by atoms with E-state index in [1.165, 1.54) is 7.11 Å². The molecule has 142 valence electrons. The van der Waals surface area contributed by atoms with Gasteiger partial charge in [0.05, 0.1) is 30.5 Å². The van der Waals surface area contributed by atoms with Gasteiger partial charge in [-0.25, -0.2) is 4.79 Å². The number of para-hydroxylation sites is 1. The Balaban J connectivity index is 1.55. The summed E-state index contributed by atoms with van der Waals surface area (Å²) in [6, 6.07) is 8.10. The molecular formula is C21H24N2O4. The first-order chi connectivity index (χ1) is 13.1. The number of rotatable bonds is 1. The molecule has 6 nitrogen and oxygen atoms in total. The van der Waals surface area contributed by atoms with Crippen molar-refractivity contribution in [3.8, 4) is 0 Å². The molecule has 0 aromatic heterocycles. The van der Waals surface area contributed by atoms with E-state index in [0.29, 0.717) is 5.57 Å².